The van der Waals surface area contributed by atoms with Gasteiger partial charge in [-0.2, -0.15) is 0 Å². The van der Waals surface area contributed by atoms with Gasteiger partial charge in [0.1, 0.15) is 11.5 Å². The van der Waals surface area contributed by atoms with Gasteiger partial charge in [-0.25, -0.2) is 0 Å². The molecule has 0 radical (unpaired) electrons. The lowest BCUT2D eigenvalue weighted by molar-refractivity contribution is 0.122. The van der Waals surface area contributed by atoms with E-state index in [9.17, 15) is 4.79 Å². The quantitative estimate of drug-likeness (QED) is 0.373. The lowest BCUT2D eigenvalue weighted by Crippen LogP contribution is -2.36. The van der Waals surface area contributed by atoms with E-state index in [0.717, 1.165) is 76.0 Å². The molecule has 2 aliphatic rings. The molecule has 0 aliphatic carbocycles. The molecule has 7 nitrogen and oxygen atoms in total. The first-order valence-corrected chi connectivity index (χ1v) is 12.3. The van der Waals surface area contributed by atoms with Gasteiger partial charge in [-0.15, -0.1) is 0 Å². The average molecular weight is 481 g/mol. The first kappa shape index (κ1) is 22.4. The molecule has 4 aromatic rings. The minimum Gasteiger partial charge on any atom is -0.456 e. The van der Waals surface area contributed by atoms with Crippen LogP contribution in [0.1, 0.15) is 22.4 Å². The number of aryl methyl sites for hydroxylation is 1. The van der Waals surface area contributed by atoms with Crippen LogP contribution in [-0.2, 0) is 17.7 Å². The molecule has 7 heteroatoms. The number of hydrogen-bond donors (Lipinski definition) is 2. The third-order valence-corrected chi connectivity index (χ3v) is 6.71. The van der Waals surface area contributed by atoms with E-state index in [1.807, 2.05) is 49.5 Å². The second kappa shape index (κ2) is 9.51. The predicted molar refractivity (Wildman–Crippen MR) is 141 cm³/mol. The van der Waals surface area contributed by atoms with Gasteiger partial charge in [0, 0.05) is 66.5 Å². The summed E-state index contributed by atoms with van der Waals surface area (Å²) in [6.07, 6.45) is 2.66. The largest absolute Gasteiger partial charge is 0.456 e. The van der Waals surface area contributed by atoms with Crippen molar-refractivity contribution < 1.29 is 9.47 Å². The van der Waals surface area contributed by atoms with E-state index in [-0.39, 0.29) is 5.56 Å². The van der Waals surface area contributed by atoms with Crippen molar-refractivity contribution in [2.75, 3.05) is 36.5 Å². The van der Waals surface area contributed by atoms with Crippen molar-refractivity contribution in [3.63, 3.8) is 0 Å². The summed E-state index contributed by atoms with van der Waals surface area (Å²) in [5.41, 5.74) is 7.85. The monoisotopic (exact) mass is 480 g/mol. The standard InChI is InChI=1S/C29H28N4O3/c1-19-5-6-20(17-30-19)18-31-23-7-8-27-22(14-23)13-21-3-2-4-25(29(21)36-27)26-15-24(16-28(34)32-26)33-9-11-35-12-10-33/h2-8,14-17,31H,9-13,18H2,1H3,(H,32,34). The number of ether oxygens (including phenoxy) is 2. The molecule has 0 amide bonds. The van der Waals surface area contributed by atoms with Crippen LogP contribution in [-0.4, -0.2) is 36.3 Å². The van der Waals surface area contributed by atoms with Crippen molar-refractivity contribution in [1.82, 2.24) is 9.97 Å². The zero-order valence-electron chi connectivity index (χ0n) is 20.2. The van der Waals surface area contributed by atoms with Gasteiger partial charge in [-0.1, -0.05) is 18.2 Å². The lowest BCUT2D eigenvalue weighted by Gasteiger charge is -2.29. The van der Waals surface area contributed by atoms with E-state index < -0.39 is 0 Å². The fraction of sp³-hybridized carbons (Fsp3) is 0.241. The number of rotatable bonds is 5. The molecular weight excluding hydrogens is 452 g/mol. The molecule has 0 bridgehead atoms. The minimum absolute atomic E-state index is 0.123. The fourth-order valence-corrected chi connectivity index (χ4v) is 4.78. The van der Waals surface area contributed by atoms with Gasteiger partial charge in [0.05, 0.1) is 18.9 Å². The molecule has 0 spiro atoms. The Morgan fingerprint density at radius 1 is 1.03 bits per heavy atom. The number of anilines is 2. The fourth-order valence-electron chi connectivity index (χ4n) is 4.78. The molecule has 1 fully saturated rings. The van der Waals surface area contributed by atoms with Crippen LogP contribution in [0.2, 0.25) is 0 Å². The second-order valence-electron chi connectivity index (χ2n) is 9.27. The molecular formula is C29H28N4O3. The van der Waals surface area contributed by atoms with Crippen molar-refractivity contribution >= 4 is 11.4 Å². The van der Waals surface area contributed by atoms with Gasteiger partial charge in [0.15, 0.2) is 0 Å². The van der Waals surface area contributed by atoms with E-state index in [1.54, 1.807) is 6.07 Å². The third kappa shape index (κ3) is 4.57. The zero-order valence-corrected chi connectivity index (χ0v) is 20.2. The summed E-state index contributed by atoms with van der Waals surface area (Å²) in [4.78, 5) is 22.1. The molecule has 0 atom stereocenters. The van der Waals surface area contributed by atoms with Crippen molar-refractivity contribution in [2.45, 2.75) is 19.9 Å². The summed E-state index contributed by atoms with van der Waals surface area (Å²) in [5.74, 6) is 1.63. The smallest absolute Gasteiger partial charge is 0.250 e. The van der Waals surface area contributed by atoms with Crippen LogP contribution in [0.5, 0.6) is 11.5 Å². The minimum atomic E-state index is -0.123. The van der Waals surface area contributed by atoms with Gasteiger partial charge in [-0.05, 0) is 54.4 Å². The van der Waals surface area contributed by atoms with Crippen molar-refractivity contribution in [2.24, 2.45) is 0 Å². The number of nitrogens with one attached hydrogen (secondary N) is 2. The van der Waals surface area contributed by atoms with Crippen LogP contribution in [0, 0.1) is 6.92 Å². The second-order valence-corrected chi connectivity index (χ2v) is 9.27. The summed E-state index contributed by atoms with van der Waals surface area (Å²) in [5, 5.41) is 3.49. The Hall–Kier alpha value is -4.10. The van der Waals surface area contributed by atoms with E-state index >= 15 is 0 Å². The molecule has 2 aromatic heterocycles. The van der Waals surface area contributed by atoms with Crippen LogP contribution in [0.4, 0.5) is 11.4 Å². The maximum Gasteiger partial charge on any atom is 0.250 e. The van der Waals surface area contributed by atoms with Crippen molar-refractivity contribution in [1.29, 1.82) is 0 Å². The normalized spacial score (nSPS) is 14.5. The Balaban J connectivity index is 1.26. The zero-order chi connectivity index (χ0) is 24.5. The molecule has 36 heavy (non-hydrogen) atoms. The Morgan fingerprint density at radius 3 is 2.75 bits per heavy atom. The Morgan fingerprint density at radius 2 is 1.92 bits per heavy atom. The van der Waals surface area contributed by atoms with Gasteiger partial charge in [0.25, 0.3) is 0 Å². The number of nitrogens with zero attached hydrogens (tertiary/aromatic N) is 2. The number of para-hydroxylation sites is 1. The number of H-pyrrole nitrogens is 1. The highest BCUT2D eigenvalue weighted by Crippen LogP contribution is 2.43. The average Bonchev–Trinajstić information content (AvgIpc) is 2.91. The van der Waals surface area contributed by atoms with Crippen LogP contribution in [0.3, 0.4) is 0 Å². The van der Waals surface area contributed by atoms with E-state index in [0.29, 0.717) is 19.8 Å². The molecule has 0 saturated carbocycles. The molecule has 0 unspecified atom stereocenters. The van der Waals surface area contributed by atoms with Gasteiger partial charge in [-0.3, -0.25) is 9.78 Å². The molecule has 2 aliphatic heterocycles. The first-order chi connectivity index (χ1) is 17.6. The summed E-state index contributed by atoms with van der Waals surface area (Å²) < 4.78 is 11.9. The summed E-state index contributed by atoms with van der Waals surface area (Å²) in [6.45, 7) is 5.58. The number of fused-ring (bicyclic) bond motifs is 2. The molecule has 2 aromatic carbocycles. The van der Waals surface area contributed by atoms with Gasteiger partial charge in [0.2, 0.25) is 5.56 Å². The molecule has 182 valence electrons. The van der Waals surface area contributed by atoms with Crippen LogP contribution >= 0.6 is 0 Å². The summed E-state index contributed by atoms with van der Waals surface area (Å²) in [7, 11) is 0. The van der Waals surface area contributed by atoms with E-state index in [4.69, 9.17) is 9.47 Å². The number of benzene rings is 2. The highest BCUT2D eigenvalue weighted by molar-refractivity contribution is 5.74. The molecule has 6 rings (SSSR count). The number of aromatic amines is 1. The van der Waals surface area contributed by atoms with Crippen molar-refractivity contribution in [3.8, 4) is 22.8 Å². The molecule has 1 saturated heterocycles. The first-order valence-electron chi connectivity index (χ1n) is 12.3. The lowest BCUT2D eigenvalue weighted by atomic mass is 9.96. The maximum absolute atomic E-state index is 12.5. The highest BCUT2D eigenvalue weighted by atomic mass is 16.5. The van der Waals surface area contributed by atoms with Gasteiger partial charge < -0.3 is 24.7 Å². The van der Waals surface area contributed by atoms with Gasteiger partial charge >= 0.3 is 0 Å². The molecule has 2 N–H and O–H groups in total. The SMILES string of the molecule is Cc1ccc(CNc2ccc3c(c2)Cc2cccc(-c4cc(N5CCOCC5)cc(=O)[nH]4)c2O3)cn1. The Labute approximate surface area is 209 Å². The van der Waals surface area contributed by atoms with Crippen LogP contribution in [0.25, 0.3) is 11.3 Å². The summed E-state index contributed by atoms with van der Waals surface area (Å²) in [6, 6.07) is 20.1. The highest BCUT2D eigenvalue weighted by Gasteiger charge is 2.22. The Bertz CT molecular complexity index is 1460. The summed E-state index contributed by atoms with van der Waals surface area (Å²) >= 11 is 0. The third-order valence-electron chi connectivity index (χ3n) is 6.71. The maximum atomic E-state index is 12.5. The number of morpholine rings is 1. The predicted octanol–water partition coefficient (Wildman–Crippen LogP) is 4.89. The Kier molecular flexibility index (Phi) is 5.91. The van der Waals surface area contributed by atoms with Crippen LogP contribution < -0.4 is 20.5 Å². The van der Waals surface area contributed by atoms with E-state index in [1.165, 1.54) is 0 Å². The van der Waals surface area contributed by atoms with E-state index in [2.05, 4.69) is 38.4 Å². The van der Waals surface area contributed by atoms with Crippen molar-refractivity contribution in [3.05, 3.63) is 99.6 Å². The molecule has 4 heterocycles. The number of aromatic nitrogens is 2. The topological polar surface area (TPSA) is 79.5 Å². The number of pyridine rings is 2. The van der Waals surface area contributed by atoms with Crippen LogP contribution in [0.15, 0.2) is 71.7 Å². The number of hydrogen-bond acceptors (Lipinski definition) is 6.